The molecule has 0 heterocycles. The first-order valence-electron chi connectivity index (χ1n) is 5.25. The highest BCUT2D eigenvalue weighted by Crippen LogP contribution is 2.35. The van der Waals surface area contributed by atoms with Crippen molar-refractivity contribution >= 4 is 23.2 Å². The number of benzene rings is 2. The minimum atomic E-state index is 0.186. The molecule has 89 valence electrons. The van der Waals surface area contributed by atoms with Crippen molar-refractivity contribution in [2.24, 2.45) is 0 Å². The lowest BCUT2D eigenvalue weighted by Gasteiger charge is -2.11. The van der Waals surface area contributed by atoms with Crippen LogP contribution in [0.1, 0.15) is 0 Å². The number of para-hydroxylation sites is 1. The second kappa shape index (κ2) is 5.82. The Morgan fingerprint density at radius 1 is 1.22 bits per heavy atom. The van der Waals surface area contributed by atoms with Crippen LogP contribution in [-0.4, -0.2) is 6.61 Å². The van der Waals surface area contributed by atoms with Gasteiger partial charge in [0.15, 0.2) is 0 Å². The Kier molecular flexibility index (Phi) is 4.15. The van der Waals surface area contributed by atoms with Crippen molar-refractivity contribution < 1.29 is 4.74 Å². The van der Waals surface area contributed by atoms with Gasteiger partial charge in [-0.1, -0.05) is 47.3 Å². The quantitative estimate of drug-likeness (QED) is 0.751. The monoisotopic (exact) mass is 275 g/mol. The summed E-state index contributed by atoms with van der Waals surface area (Å²) in [4.78, 5) is 0. The zero-order chi connectivity index (χ0) is 13.0. The largest absolute Gasteiger partial charge is 0.480 e. The molecule has 1 nitrogen and oxygen atoms in total. The predicted molar refractivity (Wildman–Crippen MR) is 75.1 cm³/mol. The number of hydrogen-bond donors (Lipinski definition) is 0. The van der Waals surface area contributed by atoms with Crippen LogP contribution in [0.4, 0.5) is 0 Å². The second-order valence-electron chi connectivity index (χ2n) is 3.53. The first-order valence-corrected chi connectivity index (χ1v) is 6.00. The summed E-state index contributed by atoms with van der Waals surface area (Å²) in [5.74, 6) is 2.99. The summed E-state index contributed by atoms with van der Waals surface area (Å²) in [6, 6.07) is 13.8. The van der Waals surface area contributed by atoms with Gasteiger partial charge in [0.25, 0.3) is 0 Å². The van der Waals surface area contributed by atoms with E-state index in [1.165, 1.54) is 0 Å². The van der Waals surface area contributed by atoms with E-state index in [9.17, 15) is 0 Å². The molecule has 1 radical (unpaired) electrons. The molecular weight excluding hydrogens is 267 g/mol. The van der Waals surface area contributed by atoms with E-state index in [4.69, 9.17) is 34.4 Å². The van der Waals surface area contributed by atoms with Gasteiger partial charge in [-0.2, -0.15) is 0 Å². The van der Waals surface area contributed by atoms with E-state index in [1.54, 1.807) is 24.3 Å². The Hall–Kier alpha value is -1.62. The van der Waals surface area contributed by atoms with E-state index in [2.05, 4.69) is 12.0 Å². The predicted octanol–water partition coefficient (Wildman–Crippen LogP) is 4.47. The average Bonchev–Trinajstić information content (AvgIpc) is 2.39. The third kappa shape index (κ3) is 2.79. The van der Waals surface area contributed by atoms with Gasteiger partial charge in [-0.05, 0) is 18.2 Å². The number of terminal acetylenes is 1. The fourth-order valence-corrected chi connectivity index (χ4v) is 1.96. The fraction of sp³-hybridized carbons (Fsp3) is 0.0667. The molecular formula is C15H9Cl2O. The summed E-state index contributed by atoms with van der Waals surface area (Å²) >= 11 is 12.1. The second-order valence-corrected chi connectivity index (χ2v) is 4.37. The van der Waals surface area contributed by atoms with Crippen molar-refractivity contribution in [3.63, 3.8) is 0 Å². The minimum absolute atomic E-state index is 0.186. The van der Waals surface area contributed by atoms with Crippen molar-refractivity contribution in [2.45, 2.75) is 0 Å². The molecule has 0 N–H and O–H groups in total. The first kappa shape index (κ1) is 12.8. The normalized spacial score (nSPS) is 9.83. The van der Waals surface area contributed by atoms with Crippen molar-refractivity contribution in [1.29, 1.82) is 0 Å². The lowest BCUT2D eigenvalue weighted by molar-refractivity contribution is 0.371. The van der Waals surface area contributed by atoms with Gasteiger partial charge in [-0.3, -0.25) is 0 Å². The van der Waals surface area contributed by atoms with Gasteiger partial charge in [0, 0.05) is 27.2 Å². The van der Waals surface area contributed by atoms with Gasteiger partial charge in [-0.15, -0.1) is 6.42 Å². The molecule has 0 saturated heterocycles. The van der Waals surface area contributed by atoms with Crippen LogP contribution >= 0.6 is 23.2 Å². The standard InChI is InChI=1S/C15H9Cl2O/c1-2-9-18-15-6-4-3-5-12(15)13-10-11(16)7-8-14(13)17/h1,3-5,7-8,10H,9H2. The van der Waals surface area contributed by atoms with Crippen molar-refractivity contribution in [1.82, 2.24) is 0 Å². The number of ether oxygens (including phenoxy) is 1. The molecule has 0 aromatic heterocycles. The van der Waals surface area contributed by atoms with Gasteiger partial charge in [0.05, 0.1) is 0 Å². The molecule has 2 aromatic rings. The van der Waals surface area contributed by atoms with E-state index in [0.717, 1.165) is 11.1 Å². The third-order valence-corrected chi connectivity index (χ3v) is 2.90. The van der Waals surface area contributed by atoms with Gasteiger partial charge < -0.3 is 4.74 Å². The smallest absolute Gasteiger partial charge is 0.148 e. The maximum Gasteiger partial charge on any atom is 0.148 e. The summed E-state index contributed by atoms with van der Waals surface area (Å²) < 4.78 is 5.44. The van der Waals surface area contributed by atoms with E-state index in [-0.39, 0.29) is 6.61 Å². The molecule has 0 saturated carbocycles. The SMILES string of the molecule is C#CCOc1[c]cccc1-c1cc(Cl)ccc1Cl. The van der Waals surface area contributed by atoms with Crippen LogP contribution in [0.25, 0.3) is 11.1 Å². The molecule has 0 amide bonds. The van der Waals surface area contributed by atoms with Gasteiger partial charge in [0.1, 0.15) is 12.4 Å². The molecule has 0 aliphatic heterocycles. The maximum absolute atomic E-state index is 6.17. The lowest BCUT2D eigenvalue weighted by Crippen LogP contribution is -1.96. The molecule has 0 unspecified atom stereocenters. The number of halogens is 2. The molecule has 3 heteroatoms. The zero-order valence-electron chi connectivity index (χ0n) is 9.41. The lowest BCUT2D eigenvalue weighted by atomic mass is 10.0. The first-order chi connectivity index (χ1) is 8.72. The van der Waals surface area contributed by atoms with Crippen molar-refractivity contribution in [3.05, 3.63) is 52.5 Å². The molecule has 0 aliphatic carbocycles. The molecule has 2 rings (SSSR count). The van der Waals surface area contributed by atoms with Crippen LogP contribution in [0.5, 0.6) is 5.75 Å². The van der Waals surface area contributed by atoms with Crippen molar-refractivity contribution in [3.8, 4) is 29.2 Å². The highest BCUT2D eigenvalue weighted by atomic mass is 35.5. The zero-order valence-corrected chi connectivity index (χ0v) is 10.9. The summed E-state index contributed by atoms with van der Waals surface area (Å²) in [7, 11) is 0. The Balaban J connectivity index is 2.50. The Morgan fingerprint density at radius 3 is 2.83 bits per heavy atom. The van der Waals surface area contributed by atoms with Crippen LogP contribution in [-0.2, 0) is 0 Å². The van der Waals surface area contributed by atoms with E-state index < -0.39 is 0 Å². The Morgan fingerprint density at radius 2 is 2.06 bits per heavy atom. The number of rotatable bonds is 3. The Labute approximate surface area is 116 Å². The van der Waals surface area contributed by atoms with Crippen molar-refractivity contribution in [2.75, 3.05) is 6.61 Å². The van der Waals surface area contributed by atoms with E-state index in [1.807, 2.05) is 12.1 Å². The van der Waals surface area contributed by atoms with Crippen LogP contribution in [0.2, 0.25) is 10.0 Å². The third-order valence-electron chi connectivity index (χ3n) is 2.34. The highest BCUT2D eigenvalue weighted by Gasteiger charge is 2.10. The topological polar surface area (TPSA) is 9.23 Å². The molecule has 2 aromatic carbocycles. The fourth-order valence-electron chi connectivity index (χ4n) is 1.57. The van der Waals surface area contributed by atoms with Gasteiger partial charge >= 0.3 is 0 Å². The highest BCUT2D eigenvalue weighted by molar-refractivity contribution is 6.35. The minimum Gasteiger partial charge on any atom is -0.480 e. The van der Waals surface area contributed by atoms with Crippen LogP contribution < -0.4 is 4.74 Å². The molecule has 0 spiro atoms. The molecule has 0 bridgehead atoms. The van der Waals surface area contributed by atoms with E-state index in [0.29, 0.717) is 15.8 Å². The van der Waals surface area contributed by atoms with E-state index >= 15 is 0 Å². The molecule has 0 fully saturated rings. The summed E-state index contributed by atoms with van der Waals surface area (Å²) in [5.41, 5.74) is 1.62. The molecule has 0 aliphatic rings. The summed E-state index contributed by atoms with van der Waals surface area (Å²) in [6.07, 6.45) is 5.18. The summed E-state index contributed by atoms with van der Waals surface area (Å²) in [5, 5.41) is 1.21. The molecule has 18 heavy (non-hydrogen) atoms. The van der Waals surface area contributed by atoms with Crippen LogP contribution in [0, 0.1) is 18.4 Å². The number of hydrogen-bond acceptors (Lipinski definition) is 1. The average molecular weight is 276 g/mol. The Bertz CT molecular complexity index is 600. The van der Waals surface area contributed by atoms with Crippen LogP contribution in [0.3, 0.4) is 0 Å². The van der Waals surface area contributed by atoms with Gasteiger partial charge in [-0.25, -0.2) is 0 Å². The van der Waals surface area contributed by atoms with Gasteiger partial charge in [0.2, 0.25) is 0 Å². The molecule has 0 atom stereocenters. The maximum atomic E-state index is 6.17. The van der Waals surface area contributed by atoms with Crippen LogP contribution in [0.15, 0.2) is 36.4 Å². The summed E-state index contributed by atoms with van der Waals surface area (Å²) in [6.45, 7) is 0.186.